The molecule has 1 aromatic heterocycles. The minimum atomic E-state index is 0.959. The number of anilines is 2. The molecule has 2 heterocycles. The van der Waals surface area contributed by atoms with Gasteiger partial charge in [-0.1, -0.05) is 25.1 Å². The summed E-state index contributed by atoms with van der Waals surface area (Å²) in [6.07, 6.45) is 5.46. The van der Waals surface area contributed by atoms with Crippen LogP contribution in [0.25, 0.3) is 0 Å². The number of para-hydroxylation sites is 1. The number of pyridine rings is 1. The summed E-state index contributed by atoms with van der Waals surface area (Å²) in [7, 11) is 0. The lowest BCUT2D eigenvalue weighted by Crippen LogP contribution is -2.28. The Morgan fingerprint density at radius 2 is 2.14 bits per heavy atom. The van der Waals surface area contributed by atoms with Gasteiger partial charge >= 0.3 is 0 Å². The fraction of sp³-hybridized carbons (Fsp3) is 0.389. The van der Waals surface area contributed by atoms with Gasteiger partial charge < -0.3 is 10.2 Å². The average Bonchev–Trinajstić information content (AvgIpc) is 2.54. The second-order valence-electron chi connectivity index (χ2n) is 5.63. The molecule has 0 atom stereocenters. The predicted molar refractivity (Wildman–Crippen MR) is 88.8 cm³/mol. The molecule has 0 bridgehead atoms. The first-order valence-corrected chi connectivity index (χ1v) is 7.88. The fourth-order valence-electron chi connectivity index (χ4n) is 2.92. The van der Waals surface area contributed by atoms with Crippen LogP contribution in [-0.4, -0.2) is 18.1 Å². The SMILES string of the molecule is CCCNc1cc(CN2CCCc3ccccc32)ccn1. The summed E-state index contributed by atoms with van der Waals surface area (Å²) in [6, 6.07) is 13.1. The van der Waals surface area contributed by atoms with Crippen molar-refractivity contribution >= 4 is 11.5 Å². The molecular formula is C18H23N3. The molecule has 1 aliphatic rings. The van der Waals surface area contributed by atoms with Crippen molar-refractivity contribution in [1.82, 2.24) is 4.98 Å². The lowest BCUT2D eigenvalue weighted by molar-refractivity contribution is 0.691. The van der Waals surface area contributed by atoms with E-state index in [1.54, 1.807) is 0 Å². The van der Waals surface area contributed by atoms with Crippen molar-refractivity contribution < 1.29 is 0 Å². The van der Waals surface area contributed by atoms with Crippen LogP contribution in [0.1, 0.15) is 30.9 Å². The van der Waals surface area contributed by atoms with Crippen LogP contribution in [0.4, 0.5) is 11.5 Å². The van der Waals surface area contributed by atoms with E-state index in [1.807, 2.05) is 6.20 Å². The highest BCUT2D eigenvalue weighted by Gasteiger charge is 2.16. The Hall–Kier alpha value is -2.03. The van der Waals surface area contributed by atoms with Gasteiger partial charge in [-0.2, -0.15) is 0 Å². The molecule has 1 aliphatic heterocycles. The van der Waals surface area contributed by atoms with E-state index in [0.29, 0.717) is 0 Å². The third-order valence-electron chi connectivity index (χ3n) is 3.96. The fourth-order valence-corrected chi connectivity index (χ4v) is 2.92. The first-order valence-electron chi connectivity index (χ1n) is 7.88. The number of benzene rings is 1. The largest absolute Gasteiger partial charge is 0.370 e. The molecule has 1 aromatic carbocycles. The van der Waals surface area contributed by atoms with Crippen LogP contribution in [0.3, 0.4) is 0 Å². The Morgan fingerprint density at radius 3 is 3.05 bits per heavy atom. The lowest BCUT2D eigenvalue weighted by Gasteiger charge is -2.31. The predicted octanol–water partition coefficient (Wildman–Crippen LogP) is 3.86. The third kappa shape index (κ3) is 3.35. The number of nitrogens with one attached hydrogen (secondary N) is 1. The minimum absolute atomic E-state index is 0.959. The Balaban J connectivity index is 1.75. The molecule has 0 fully saturated rings. The van der Waals surface area contributed by atoms with Crippen molar-refractivity contribution in [2.45, 2.75) is 32.7 Å². The van der Waals surface area contributed by atoms with Crippen LogP contribution in [0.2, 0.25) is 0 Å². The van der Waals surface area contributed by atoms with E-state index in [2.05, 4.69) is 58.5 Å². The maximum absolute atomic E-state index is 4.38. The van der Waals surface area contributed by atoms with Gasteiger partial charge in [0.15, 0.2) is 0 Å². The maximum Gasteiger partial charge on any atom is 0.126 e. The van der Waals surface area contributed by atoms with E-state index >= 15 is 0 Å². The van der Waals surface area contributed by atoms with Crippen LogP contribution in [-0.2, 0) is 13.0 Å². The number of nitrogens with zero attached hydrogens (tertiary/aromatic N) is 2. The second-order valence-corrected chi connectivity index (χ2v) is 5.63. The summed E-state index contributed by atoms with van der Waals surface area (Å²) in [4.78, 5) is 6.87. The molecule has 0 saturated carbocycles. The molecule has 2 aromatic rings. The van der Waals surface area contributed by atoms with Gasteiger partial charge in [0.1, 0.15) is 5.82 Å². The van der Waals surface area contributed by atoms with Gasteiger partial charge in [-0.15, -0.1) is 0 Å². The van der Waals surface area contributed by atoms with E-state index in [0.717, 1.165) is 31.9 Å². The second kappa shape index (κ2) is 6.61. The van der Waals surface area contributed by atoms with Gasteiger partial charge in [-0.25, -0.2) is 4.98 Å². The van der Waals surface area contributed by atoms with Crippen LogP contribution < -0.4 is 10.2 Å². The number of hydrogen-bond acceptors (Lipinski definition) is 3. The molecular weight excluding hydrogens is 258 g/mol. The molecule has 110 valence electrons. The highest BCUT2D eigenvalue weighted by atomic mass is 15.1. The summed E-state index contributed by atoms with van der Waals surface area (Å²) in [5, 5.41) is 3.36. The van der Waals surface area contributed by atoms with Crippen molar-refractivity contribution in [2.75, 3.05) is 23.3 Å². The lowest BCUT2D eigenvalue weighted by atomic mass is 10.0. The number of aryl methyl sites for hydroxylation is 1. The molecule has 0 unspecified atom stereocenters. The van der Waals surface area contributed by atoms with Crippen LogP contribution in [0.15, 0.2) is 42.6 Å². The van der Waals surface area contributed by atoms with E-state index in [4.69, 9.17) is 0 Å². The zero-order valence-corrected chi connectivity index (χ0v) is 12.7. The topological polar surface area (TPSA) is 28.2 Å². The zero-order chi connectivity index (χ0) is 14.5. The summed E-state index contributed by atoms with van der Waals surface area (Å²) in [5.74, 6) is 0.986. The van der Waals surface area contributed by atoms with Gasteiger partial charge in [0.05, 0.1) is 0 Å². The van der Waals surface area contributed by atoms with Gasteiger partial charge in [-0.05, 0) is 48.6 Å². The zero-order valence-electron chi connectivity index (χ0n) is 12.7. The van der Waals surface area contributed by atoms with E-state index in [-0.39, 0.29) is 0 Å². The molecule has 0 amide bonds. The van der Waals surface area contributed by atoms with E-state index < -0.39 is 0 Å². The smallest absolute Gasteiger partial charge is 0.126 e. The molecule has 3 nitrogen and oxygen atoms in total. The number of aromatic nitrogens is 1. The van der Waals surface area contributed by atoms with Gasteiger partial charge in [0.2, 0.25) is 0 Å². The Kier molecular flexibility index (Phi) is 4.39. The van der Waals surface area contributed by atoms with Crippen LogP contribution in [0.5, 0.6) is 0 Å². The van der Waals surface area contributed by atoms with Crippen molar-refractivity contribution in [2.24, 2.45) is 0 Å². The summed E-state index contributed by atoms with van der Waals surface area (Å²) in [5.41, 5.74) is 4.19. The van der Waals surface area contributed by atoms with Crippen LogP contribution >= 0.6 is 0 Å². The maximum atomic E-state index is 4.38. The monoisotopic (exact) mass is 281 g/mol. The van der Waals surface area contributed by atoms with Gasteiger partial charge in [0, 0.05) is 31.5 Å². The van der Waals surface area contributed by atoms with E-state index in [9.17, 15) is 0 Å². The molecule has 0 radical (unpaired) electrons. The van der Waals surface area contributed by atoms with Crippen molar-refractivity contribution in [3.63, 3.8) is 0 Å². The molecule has 1 N–H and O–H groups in total. The summed E-state index contributed by atoms with van der Waals surface area (Å²) >= 11 is 0. The molecule has 3 rings (SSSR count). The van der Waals surface area contributed by atoms with Crippen LogP contribution in [0, 0.1) is 0 Å². The average molecular weight is 281 g/mol. The number of hydrogen-bond donors (Lipinski definition) is 1. The Bertz CT molecular complexity index is 595. The van der Waals surface area contributed by atoms with Crippen molar-refractivity contribution in [3.8, 4) is 0 Å². The quantitative estimate of drug-likeness (QED) is 0.902. The number of rotatable bonds is 5. The minimum Gasteiger partial charge on any atom is -0.370 e. The Morgan fingerprint density at radius 1 is 1.24 bits per heavy atom. The van der Waals surface area contributed by atoms with Crippen molar-refractivity contribution in [3.05, 3.63) is 53.7 Å². The molecule has 0 saturated heterocycles. The number of fused-ring (bicyclic) bond motifs is 1. The first kappa shape index (κ1) is 13.9. The van der Waals surface area contributed by atoms with Gasteiger partial charge in [-0.3, -0.25) is 0 Å². The van der Waals surface area contributed by atoms with Crippen molar-refractivity contribution in [1.29, 1.82) is 0 Å². The third-order valence-corrected chi connectivity index (χ3v) is 3.96. The normalized spacial score (nSPS) is 13.9. The molecule has 0 spiro atoms. The standard InChI is InChI=1S/C18H23N3/c1-2-10-19-18-13-15(9-11-20-18)14-21-12-5-7-16-6-3-4-8-17(16)21/h3-4,6,8-9,11,13H,2,5,7,10,12,14H2,1H3,(H,19,20). The Labute approximate surface area is 127 Å². The molecule has 0 aliphatic carbocycles. The summed E-state index contributed by atoms with van der Waals surface area (Å²) < 4.78 is 0. The van der Waals surface area contributed by atoms with Gasteiger partial charge in [0.25, 0.3) is 0 Å². The molecule has 3 heteroatoms. The van der Waals surface area contributed by atoms with E-state index in [1.165, 1.54) is 29.7 Å². The first-order chi connectivity index (χ1) is 10.4. The highest BCUT2D eigenvalue weighted by molar-refractivity contribution is 5.56. The highest BCUT2D eigenvalue weighted by Crippen LogP contribution is 2.28. The summed E-state index contributed by atoms with van der Waals surface area (Å²) in [6.45, 7) is 5.24. The molecule has 21 heavy (non-hydrogen) atoms.